The lowest BCUT2D eigenvalue weighted by Crippen LogP contribution is -2.03. The second-order valence-corrected chi connectivity index (χ2v) is 4.01. The molecule has 0 aliphatic rings. The Bertz CT molecular complexity index is 640. The molecule has 7 nitrogen and oxygen atoms in total. The SMILES string of the molecule is O=C(O)c1ccc(CNc2ccncc2[N+](=O)[O-])cc1. The van der Waals surface area contributed by atoms with Crippen LogP contribution in [0.5, 0.6) is 0 Å². The minimum Gasteiger partial charge on any atom is -0.478 e. The van der Waals surface area contributed by atoms with Crippen molar-refractivity contribution in [2.75, 3.05) is 5.32 Å². The first-order valence-electron chi connectivity index (χ1n) is 5.72. The van der Waals surface area contributed by atoms with Crippen LogP contribution < -0.4 is 5.32 Å². The lowest BCUT2D eigenvalue weighted by Gasteiger charge is -2.07. The van der Waals surface area contributed by atoms with Gasteiger partial charge in [-0.2, -0.15) is 0 Å². The third-order valence-electron chi connectivity index (χ3n) is 2.68. The van der Waals surface area contributed by atoms with E-state index in [1.165, 1.54) is 30.6 Å². The molecule has 1 heterocycles. The van der Waals surface area contributed by atoms with Crippen molar-refractivity contribution in [1.29, 1.82) is 0 Å². The first kappa shape index (κ1) is 13.5. The molecule has 0 aliphatic carbocycles. The highest BCUT2D eigenvalue weighted by Gasteiger charge is 2.12. The Morgan fingerprint density at radius 1 is 1.30 bits per heavy atom. The number of aromatic carboxylic acids is 1. The van der Waals surface area contributed by atoms with Crippen molar-refractivity contribution in [2.45, 2.75) is 6.54 Å². The molecule has 0 aliphatic heterocycles. The minimum absolute atomic E-state index is 0.102. The van der Waals surface area contributed by atoms with E-state index in [0.29, 0.717) is 12.2 Å². The summed E-state index contributed by atoms with van der Waals surface area (Å²) in [7, 11) is 0. The summed E-state index contributed by atoms with van der Waals surface area (Å²) in [4.78, 5) is 24.7. The summed E-state index contributed by atoms with van der Waals surface area (Å²) in [5.41, 5.74) is 1.28. The summed E-state index contributed by atoms with van der Waals surface area (Å²) in [6.45, 7) is 0.352. The average Bonchev–Trinajstić information content (AvgIpc) is 2.45. The van der Waals surface area contributed by atoms with Crippen molar-refractivity contribution in [3.8, 4) is 0 Å². The van der Waals surface area contributed by atoms with Gasteiger partial charge >= 0.3 is 11.7 Å². The Hall–Kier alpha value is -2.96. The summed E-state index contributed by atoms with van der Waals surface area (Å²) < 4.78 is 0. The van der Waals surface area contributed by atoms with Gasteiger partial charge in [-0.05, 0) is 23.8 Å². The molecule has 0 saturated heterocycles. The van der Waals surface area contributed by atoms with E-state index in [-0.39, 0.29) is 11.3 Å². The maximum Gasteiger partial charge on any atom is 0.335 e. The molecule has 1 aromatic carbocycles. The zero-order valence-electron chi connectivity index (χ0n) is 10.3. The molecular weight excluding hydrogens is 262 g/mol. The van der Waals surface area contributed by atoms with E-state index in [9.17, 15) is 14.9 Å². The Morgan fingerprint density at radius 3 is 2.60 bits per heavy atom. The van der Waals surface area contributed by atoms with E-state index < -0.39 is 10.9 Å². The van der Waals surface area contributed by atoms with Crippen LogP contribution in [0.1, 0.15) is 15.9 Å². The molecule has 0 fully saturated rings. The molecule has 2 aromatic rings. The molecule has 0 amide bonds. The maximum absolute atomic E-state index is 10.8. The fourth-order valence-corrected chi connectivity index (χ4v) is 1.64. The van der Waals surface area contributed by atoms with Gasteiger partial charge in [0.1, 0.15) is 11.9 Å². The topological polar surface area (TPSA) is 105 Å². The van der Waals surface area contributed by atoms with Gasteiger partial charge in [0, 0.05) is 12.7 Å². The van der Waals surface area contributed by atoms with Crippen LogP contribution in [0, 0.1) is 10.1 Å². The van der Waals surface area contributed by atoms with Crippen LogP contribution in [0.2, 0.25) is 0 Å². The van der Waals surface area contributed by atoms with E-state index in [1.54, 1.807) is 12.1 Å². The zero-order valence-corrected chi connectivity index (χ0v) is 10.3. The van der Waals surface area contributed by atoms with Gasteiger partial charge in [0.2, 0.25) is 0 Å². The first-order valence-corrected chi connectivity index (χ1v) is 5.72. The van der Waals surface area contributed by atoms with E-state index in [2.05, 4.69) is 10.3 Å². The van der Waals surface area contributed by atoms with Crippen molar-refractivity contribution in [3.63, 3.8) is 0 Å². The lowest BCUT2D eigenvalue weighted by molar-refractivity contribution is -0.384. The molecule has 7 heteroatoms. The molecule has 2 rings (SSSR count). The zero-order chi connectivity index (χ0) is 14.5. The average molecular weight is 273 g/mol. The number of carbonyl (C=O) groups is 1. The Balaban J connectivity index is 2.09. The quantitative estimate of drug-likeness (QED) is 0.639. The molecule has 1 aromatic heterocycles. The number of hydrogen-bond acceptors (Lipinski definition) is 5. The van der Waals surface area contributed by atoms with E-state index in [0.717, 1.165) is 5.56 Å². The third kappa shape index (κ3) is 3.08. The molecule has 0 atom stereocenters. The van der Waals surface area contributed by atoms with Gasteiger partial charge in [-0.25, -0.2) is 4.79 Å². The molecule has 2 N–H and O–H groups in total. The number of benzene rings is 1. The summed E-state index contributed by atoms with van der Waals surface area (Å²) in [5, 5.41) is 22.5. The maximum atomic E-state index is 10.8. The van der Waals surface area contributed by atoms with Gasteiger partial charge in [-0.15, -0.1) is 0 Å². The summed E-state index contributed by atoms with van der Waals surface area (Å²) in [6, 6.07) is 7.80. The van der Waals surface area contributed by atoms with Crippen LogP contribution in [0.25, 0.3) is 0 Å². The third-order valence-corrected chi connectivity index (χ3v) is 2.68. The summed E-state index contributed by atoms with van der Waals surface area (Å²) in [6.07, 6.45) is 2.64. The molecule has 102 valence electrons. The number of pyridine rings is 1. The van der Waals surface area contributed by atoms with Crippen molar-refractivity contribution >= 4 is 17.3 Å². The van der Waals surface area contributed by atoms with Gasteiger partial charge < -0.3 is 10.4 Å². The molecular formula is C13H11N3O4. The molecule has 0 radical (unpaired) electrons. The molecule has 0 saturated carbocycles. The van der Waals surface area contributed by atoms with Crippen LogP contribution in [0.15, 0.2) is 42.7 Å². The number of anilines is 1. The van der Waals surface area contributed by atoms with Crippen LogP contribution in [0.3, 0.4) is 0 Å². The van der Waals surface area contributed by atoms with E-state index in [4.69, 9.17) is 5.11 Å². The normalized spacial score (nSPS) is 10.0. The largest absolute Gasteiger partial charge is 0.478 e. The van der Waals surface area contributed by atoms with Gasteiger partial charge in [0.25, 0.3) is 0 Å². The van der Waals surface area contributed by atoms with Gasteiger partial charge in [0.05, 0.1) is 10.5 Å². The van der Waals surface area contributed by atoms with Gasteiger partial charge in [0.15, 0.2) is 0 Å². The summed E-state index contributed by atoms with van der Waals surface area (Å²) in [5.74, 6) is -0.991. The first-order chi connectivity index (χ1) is 9.58. The number of carboxylic acid groups (broad SMARTS) is 1. The highest BCUT2D eigenvalue weighted by Crippen LogP contribution is 2.22. The van der Waals surface area contributed by atoms with Crippen LogP contribution in [0.4, 0.5) is 11.4 Å². The smallest absolute Gasteiger partial charge is 0.335 e. The van der Waals surface area contributed by atoms with Crippen molar-refractivity contribution in [3.05, 3.63) is 64.0 Å². The minimum atomic E-state index is -0.991. The number of aromatic nitrogens is 1. The molecule has 0 unspecified atom stereocenters. The number of nitrogens with one attached hydrogen (secondary N) is 1. The fourth-order valence-electron chi connectivity index (χ4n) is 1.64. The predicted octanol–water partition coefficient (Wildman–Crippen LogP) is 2.30. The number of nitro groups is 1. The van der Waals surface area contributed by atoms with Crippen molar-refractivity contribution < 1.29 is 14.8 Å². The van der Waals surface area contributed by atoms with Crippen LogP contribution >= 0.6 is 0 Å². The number of rotatable bonds is 5. The van der Waals surface area contributed by atoms with E-state index >= 15 is 0 Å². The molecule has 0 bridgehead atoms. The number of nitrogens with zero attached hydrogens (tertiary/aromatic N) is 2. The number of carboxylic acids is 1. The summed E-state index contributed by atoms with van der Waals surface area (Å²) >= 11 is 0. The Labute approximate surface area is 114 Å². The van der Waals surface area contributed by atoms with Crippen molar-refractivity contribution in [2.24, 2.45) is 0 Å². The monoisotopic (exact) mass is 273 g/mol. The van der Waals surface area contributed by atoms with Gasteiger partial charge in [-0.3, -0.25) is 15.1 Å². The van der Waals surface area contributed by atoms with Crippen molar-refractivity contribution in [1.82, 2.24) is 4.98 Å². The Kier molecular flexibility index (Phi) is 3.90. The van der Waals surface area contributed by atoms with Crippen LogP contribution in [-0.4, -0.2) is 21.0 Å². The predicted molar refractivity (Wildman–Crippen MR) is 71.6 cm³/mol. The Morgan fingerprint density at radius 2 is 2.00 bits per heavy atom. The highest BCUT2D eigenvalue weighted by molar-refractivity contribution is 5.87. The highest BCUT2D eigenvalue weighted by atomic mass is 16.6. The lowest BCUT2D eigenvalue weighted by atomic mass is 10.1. The van der Waals surface area contributed by atoms with E-state index in [1.807, 2.05) is 0 Å². The fraction of sp³-hybridized carbons (Fsp3) is 0.0769. The molecule has 0 spiro atoms. The van der Waals surface area contributed by atoms with Gasteiger partial charge in [-0.1, -0.05) is 12.1 Å². The van der Waals surface area contributed by atoms with Crippen LogP contribution in [-0.2, 0) is 6.54 Å². The molecule has 20 heavy (non-hydrogen) atoms. The second-order valence-electron chi connectivity index (χ2n) is 4.01. The number of hydrogen-bond donors (Lipinski definition) is 2. The second kappa shape index (κ2) is 5.79. The standard InChI is InChI=1S/C13H11N3O4/c17-13(18)10-3-1-9(2-4-10)7-15-11-5-6-14-8-12(11)16(19)20/h1-6,8H,7H2,(H,14,15)(H,17,18).